The third-order valence-electron chi connectivity index (χ3n) is 2.46. The predicted octanol–water partition coefficient (Wildman–Crippen LogP) is 2.67. The first-order chi connectivity index (χ1) is 9.63. The van der Waals surface area contributed by atoms with Gasteiger partial charge in [-0.3, -0.25) is 0 Å². The van der Waals surface area contributed by atoms with Crippen LogP contribution in [0.25, 0.3) is 0 Å². The molecule has 0 saturated heterocycles. The molecule has 0 aliphatic rings. The Bertz CT molecular complexity index is 634. The number of esters is 1. The van der Waals surface area contributed by atoms with Gasteiger partial charge >= 0.3 is 5.97 Å². The van der Waals surface area contributed by atoms with Crippen molar-refractivity contribution in [3.8, 4) is 5.75 Å². The highest BCUT2D eigenvalue weighted by molar-refractivity contribution is 6.28. The van der Waals surface area contributed by atoms with Crippen LogP contribution < -0.4 is 10.1 Å². The third kappa shape index (κ3) is 3.16. The lowest BCUT2D eigenvalue weighted by atomic mass is 10.3. The van der Waals surface area contributed by atoms with E-state index in [2.05, 4.69) is 20.0 Å². The average molecular weight is 294 g/mol. The first kappa shape index (κ1) is 14.1. The molecule has 0 bridgehead atoms. The molecule has 2 aromatic rings. The summed E-state index contributed by atoms with van der Waals surface area (Å²) in [5.74, 6) is 0.425. The number of rotatable bonds is 4. The lowest BCUT2D eigenvalue weighted by Crippen LogP contribution is -2.07. The van der Waals surface area contributed by atoms with Crippen LogP contribution in [0.3, 0.4) is 0 Å². The summed E-state index contributed by atoms with van der Waals surface area (Å²) in [6.45, 7) is 0. The molecule has 7 heteroatoms. The number of methoxy groups -OCH3 is 2. The maximum Gasteiger partial charge on any atom is 0.356 e. The predicted molar refractivity (Wildman–Crippen MR) is 74.7 cm³/mol. The molecule has 0 saturated carbocycles. The second-order valence-corrected chi connectivity index (χ2v) is 4.06. The minimum absolute atomic E-state index is 0.0507. The van der Waals surface area contributed by atoms with E-state index in [0.29, 0.717) is 17.3 Å². The topological polar surface area (TPSA) is 73.3 Å². The van der Waals surface area contributed by atoms with Crippen molar-refractivity contribution in [1.82, 2.24) is 9.97 Å². The lowest BCUT2D eigenvalue weighted by Gasteiger charge is -2.10. The summed E-state index contributed by atoms with van der Waals surface area (Å²) in [7, 11) is 2.83. The van der Waals surface area contributed by atoms with Gasteiger partial charge in [-0.1, -0.05) is 12.1 Å². The van der Waals surface area contributed by atoms with Gasteiger partial charge in [0.15, 0.2) is 5.69 Å². The molecule has 2 rings (SSSR count). The fourth-order valence-electron chi connectivity index (χ4n) is 1.58. The molecule has 104 valence electrons. The fourth-order valence-corrected chi connectivity index (χ4v) is 1.76. The molecule has 1 aromatic heterocycles. The molecular formula is C13H12ClN3O3. The molecule has 6 nitrogen and oxygen atoms in total. The number of benzene rings is 1. The maximum atomic E-state index is 11.5. The number of ether oxygens (including phenoxy) is 2. The van der Waals surface area contributed by atoms with E-state index in [9.17, 15) is 4.79 Å². The molecule has 20 heavy (non-hydrogen) atoms. The molecule has 1 heterocycles. The van der Waals surface area contributed by atoms with E-state index in [1.165, 1.54) is 13.2 Å². The minimum Gasteiger partial charge on any atom is -0.495 e. The van der Waals surface area contributed by atoms with Crippen LogP contribution in [0.4, 0.5) is 11.5 Å². The molecule has 0 atom stereocenters. The molecular weight excluding hydrogens is 282 g/mol. The Morgan fingerprint density at radius 1 is 1.25 bits per heavy atom. The number of para-hydroxylation sites is 2. The Morgan fingerprint density at radius 2 is 2.00 bits per heavy atom. The van der Waals surface area contributed by atoms with Gasteiger partial charge < -0.3 is 14.8 Å². The maximum absolute atomic E-state index is 11.5. The first-order valence-electron chi connectivity index (χ1n) is 5.67. The smallest absolute Gasteiger partial charge is 0.356 e. The number of anilines is 2. The van der Waals surface area contributed by atoms with Gasteiger partial charge in [0.1, 0.15) is 11.6 Å². The van der Waals surface area contributed by atoms with Gasteiger partial charge in [0, 0.05) is 6.07 Å². The number of carbonyl (C=O) groups is 1. The van der Waals surface area contributed by atoms with E-state index in [1.54, 1.807) is 13.2 Å². The largest absolute Gasteiger partial charge is 0.495 e. The van der Waals surface area contributed by atoms with Crippen molar-refractivity contribution >= 4 is 29.1 Å². The third-order valence-corrected chi connectivity index (χ3v) is 2.63. The van der Waals surface area contributed by atoms with Crippen molar-refractivity contribution in [3.05, 3.63) is 41.3 Å². The van der Waals surface area contributed by atoms with Gasteiger partial charge in [-0.25, -0.2) is 14.8 Å². The van der Waals surface area contributed by atoms with Crippen molar-refractivity contribution < 1.29 is 14.3 Å². The van der Waals surface area contributed by atoms with Gasteiger partial charge in [-0.2, -0.15) is 0 Å². The van der Waals surface area contributed by atoms with Crippen LogP contribution in [0.5, 0.6) is 5.75 Å². The second kappa shape index (κ2) is 6.21. The van der Waals surface area contributed by atoms with Gasteiger partial charge in [-0.15, -0.1) is 0 Å². The van der Waals surface area contributed by atoms with E-state index < -0.39 is 5.97 Å². The molecule has 0 radical (unpaired) electrons. The van der Waals surface area contributed by atoms with Crippen LogP contribution >= 0.6 is 11.6 Å². The van der Waals surface area contributed by atoms with Crippen LogP contribution in [0, 0.1) is 0 Å². The summed E-state index contributed by atoms with van der Waals surface area (Å²) < 4.78 is 9.82. The molecule has 0 amide bonds. The van der Waals surface area contributed by atoms with Gasteiger partial charge in [0.25, 0.3) is 0 Å². The number of hydrogen-bond donors (Lipinski definition) is 1. The van der Waals surface area contributed by atoms with E-state index >= 15 is 0 Å². The van der Waals surface area contributed by atoms with Gasteiger partial charge in [0.05, 0.1) is 19.9 Å². The van der Waals surface area contributed by atoms with E-state index in [1.807, 2.05) is 18.2 Å². The number of halogens is 1. The number of aromatic nitrogens is 2. The standard InChI is InChI=1S/C13H12ClN3O3/c1-19-10-6-4-3-5-8(10)15-11-7-9(12(18)20-2)16-13(14)17-11/h3-7H,1-2H3,(H,15,16,17). The van der Waals surface area contributed by atoms with Crippen LogP contribution in [0.2, 0.25) is 5.28 Å². The Labute approximate surface area is 120 Å². The van der Waals surface area contributed by atoms with Gasteiger partial charge in [0.2, 0.25) is 5.28 Å². The Kier molecular flexibility index (Phi) is 4.37. The van der Waals surface area contributed by atoms with E-state index in [0.717, 1.165) is 0 Å². The molecule has 1 aromatic carbocycles. The molecule has 0 spiro atoms. The quantitative estimate of drug-likeness (QED) is 0.690. The average Bonchev–Trinajstić information content (AvgIpc) is 2.46. The number of nitrogens with zero attached hydrogens (tertiary/aromatic N) is 2. The van der Waals surface area contributed by atoms with E-state index in [-0.39, 0.29) is 11.0 Å². The zero-order chi connectivity index (χ0) is 14.5. The molecule has 0 unspecified atom stereocenters. The van der Waals surface area contributed by atoms with Crippen molar-refractivity contribution in [1.29, 1.82) is 0 Å². The molecule has 0 fully saturated rings. The summed E-state index contributed by atoms with van der Waals surface area (Å²) in [4.78, 5) is 19.3. The van der Waals surface area contributed by atoms with Crippen LogP contribution in [-0.4, -0.2) is 30.2 Å². The summed E-state index contributed by atoms with van der Waals surface area (Å²) in [5.41, 5.74) is 0.769. The number of carbonyl (C=O) groups excluding carboxylic acids is 1. The zero-order valence-corrected chi connectivity index (χ0v) is 11.6. The number of nitrogens with one attached hydrogen (secondary N) is 1. The van der Waals surface area contributed by atoms with E-state index in [4.69, 9.17) is 16.3 Å². The fraction of sp³-hybridized carbons (Fsp3) is 0.154. The second-order valence-electron chi connectivity index (χ2n) is 3.72. The summed E-state index contributed by atoms with van der Waals surface area (Å²) in [6.07, 6.45) is 0. The van der Waals surface area contributed by atoms with Crippen LogP contribution in [0.1, 0.15) is 10.5 Å². The van der Waals surface area contributed by atoms with Crippen molar-refractivity contribution in [2.24, 2.45) is 0 Å². The van der Waals surface area contributed by atoms with Crippen molar-refractivity contribution in [2.75, 3.05) is 19.5 Å². The van der Waals surface area contributed by atoms with Crippen molar-refractivity contribution in [2.45, 2.75) is 0 Å². The SMILES string of the molecule is COC(=O)c1cc(Nc2ccccc2OC)nc(Cl)n1. The Balaban J connectivity index is 2.34. The van der Waals surface area contributed by atoms with Gasteiger partial charge in [-0.05, 0) is 23.7 Å². The normalized spacial score (nSPS) is 9.95. The highest BCUT2D eigenvalue weighted by Crippen LogP contribution is 2.26. The van der Waals surface area contributed by atoms with Crippen LogP contribution in [-0.2, 0) is 4.74 Å². The zero-order valence-electron chi connectivity index (χ0n) is 10.9. The monoisotopic (exact) mass is 293 g/mol. The first-order valence-corrected chi connectivity index (χ1v) is 6.04. The Morgan fingerprint density at radius 3 is 2.70 bits per heavy atom. The minimum atomic E-state index is -0.586. The summed E-state index contributed by atoms with van der Waals surface area (Å²) in [5, 5.41) is 2.96. The Hall–Kier alpha value is -2.34. The lowest BCUT2D eigenvalue weighted by molar-refractivity contribution is 0.0594. The molecule has 1 N–H and O–H groups in total. The highest BCUT2D eigenvalue weighted by atomic mass is 35.5. The molecule has 0 aliphatic heterocycles. The van der Waals surface area contributed by atoms with Crippen LogP contribution in [0.15, 0.2) is 30.3 Å². The summed E-state index contributed by atoms with van der Waals surface area (Å²) >= 11 is 5.79. The van der Waals surface area contributed by atoms with Crippen molar-refractivity contribution in [3.63, 3.8) is 0 Å². The summed E-state index contributed by atoms with van der Waals surface area (Å²) in [6, 6.07) is 8.74. The number of hydrogen-bond acceptors (Lipinski definition) is 6. The molecule has 0 aliphatic carbocycles. The highest BCUT2D eigenvalue weighted by Gasteiger charge is 2.12.